The number of hydrogen-bond donors (Lipinski definition) is 1. The van der Waals surface area contributed by atoms with Gasteiger partial charge in [-0.25, -0.2) is 4.57 Å². The number of quaternary nitrogens is 1. The predicted octanol–water partition coefficient (Wildman–Crippen LogP) is 11.9. The highest BCUT2D eigenvalue weighted by atomic mass is 31.2. The van der Waals surface area contributed by atoms with Gasteiger partial charge in [-0.2, -0.15) is 0 Å². The minimum Gasteiger partial charge on any atom is -0.462 e. The van der Waals surface area contributed by atoms with E-state index in [4.69, 9.17) is 18.5 Å². The summed E-state index contributed by atoms with van der Waals surface area (Å²) in [7, 11) is 1.46. The SMILES string of the molecule is CC/C=C\C/C=C\C/C=C\C/C=C\CCCCCCC(=O)OC(COC(=O)CCCCCCCCCCCCCCC)COP(=O)(O)OCC[N+](C)(C)C. The normalized spacial score (nSPS) is 14.1. The highest BCUT2D eigenvalue weighted by Gasteiger charge is 2.27. The molecule has 0 heterocycles. The molecular formula is C44H81NO8P+. The van der Waals surface area contributed by atoms with Crippen molar-refractivity contribution in [1.29, 1.82) is 0 Å². The molecule has 2 unspecified atom stereocenters. The number of phosphoric ester groups is 1. The molecule has 0 saturated carbocycles. The van der Waals surface area contributed by atoms with Gasteiger partial charge in [0.1, 0.15) is 19.8 Å². The maximum Gasteiger partial charge on any atom is 0.472 e. The van der Waals surface area contributed by atoms with Gasteiger partial charge in [0, 0.05) is 12.8 Å². The van der Waals surface area contributed by atoms with Crippen molar-refractivity contribution in [3.8, 4) is 0 Å². The van der Waals surface area contributed by atoms with Crippen LogP contribution in [0.1, 0.15) is 168 Å². The first-order valence-electron chi connectivity index (χ1n) is 21.4. The molecule has 0 aromatic rings. The first-order valence-corrected chi connectivity index (χ1v) is 22.9. The van der Waals surface area contributed by atoms with Gasteiger partial charge in [0.25, 0.3) is 0 Å². The molecule has 0 aliphatic carbocycles. The third-order valence-electron chi connectivity index (χ3n) is 8.87. The first-order chi connectivity index (χ1) is 26.0. The van der Waals surface area contributed by atoms with E-state index in [9.17, 15) is 19.0 Å². The van der Waals surface area contributed by atoms with Gasteiger partial charge in [-0.1, -0.05) is 152 Å². The number of esters is 2. The largest absolute Gasteiger partial charge is 0.472 e. The lowest BCUT2D eigenvalue weighted by Crippen LogP contribution is -2.37. The Bertz CT molecular complexity index is 1070. The molecule has 0 aliphatic rings. The number of likely N-dealkylation sites (N-methyl/N-ethyl adjacent to an activating group) is 1. The highest BCUT2D eigenvalue weighted by molar-refractivity contribution is 7.47. The molecule has 0 aromatic heterocycles. The fourth-order valence-electron chi connectivity index (χ4n) is 5.53. The second-order valence-electron chi connectivity index (χ2n) is 15.4. The molecule has 314 valence electrons. The van der Waals surface area contributed by atoms with Crippen LogP contribution in [0.15, 0.2) is 48.6 Å². The Morgan fingerprint density at radius 3 is 1.57 bits per heavy atom. The zero-order valence-corrected chi connectivity index (χ0v) is 36.1. The van der Waals surface area contributed by atoms with Gasteiger partial charge in [0.05, 0.1) is 27.7 Å². The fraction of sp³-hybridized carbons (Fsp3) is 0.773. The maximum atomic E-state index is 12.7. The van der Waals surface area contributed by atoms with Crippen molar-refractivity contribution in [2.45, 2.75) is 174 Å². The van der Waals surface area contributed by atoms with Gasteiger partial charge in [-0.3, -0.25) is 18.6 Å². The van der Waals surface area contributed by atoms with Gasteiger partial charge >= 0.3 is 19.8 Å². The Labute approximate surface area is 331 Å². The molecule has 10 heteroatoms. The Balaban J connectivity index is 4.43. The first kappa shape index (κ1) is 52.0. The number of carbonyl (C=O) groups is 2. The average molecular weight is 783 g/mol. The summed E-state index contributed by atoms with van der Waals surface area (Å²) < 4.78 is 34.2. The number of ether oxygens (including phenoxy) is 2. The van der Waals surface area contributed by atoms with Crippen molar-refractivity contribution in [2.75, 3.05) is 47.5 Å². The predicted molar refractivity (Wildman–Crippen MR) is 224 cm³/mol. The van der Waals surface area contributed by atoms with Gasteiger partial charge in [0.15, 0.2) is 6.10 Å². The molecular weight excluding hydrogens is 701 g/mol. The standard InChI is InChI=1S/C44H80NO8P/c1-6-8-10-12-14-16-18-20-21-22-23-25-27-29-31-33-35-37-44(47)53-42(41-52-54(48,49)51-39-38-45(3,4)5)40-50-43(46)36-34-32-30-28-26-24-19-17-15-13-11-9-7-2/h8,10,14,16,20-21,23,25,42H,6-7,9,11-13,15,17-19,22,24,26-41H2,1-5H3/p+1/b10-8-,16-14-,21-20-,25-23-. The summed E-state index contributed by atoms with van der Waals surface area (Å²) in [6.45, 7) is 4.27. The Morgan fingerprint density at radius 2 is 1.06 bits per heavy atom. The van der Waals surface area contributed by atoms with E-state index >= 15 is 0 Å². The number of carbonyl (C=O) groups excluding carboxylic acids is 2. The van der Waals surface area contributed by atoms with Gasteiger partial charge in [0.2, 0.25) is 0 Å². The molecule has 0 bridgehead atoms. The van der Waals surface area contributed by atoms with E-state index in [1.807, 2.05) is 21.1 Å². The van der Waals surface area contributed by atoms with E-state index in [0.29, 0.717) is 17.4 Å². The van der Waals surface area contributed by atoms with Crippen LogP contribution < -0.4 is 0 Å². The summed E-state index contributed by atoms with van der Waals surface area (Å²) in [5.74, 6) is -0.826. The molecule has 0 spiro atoms. The van der Waals surface area contributed by atoms with Crippen molar-refractivity contribution in [3.63, 3.8) is 0 Å². The number of hydrogen-bond acceptors (Lipinski definition) is 7. The maximum absolute atomic E-state index is 12.7. The van der Waals surface area contributed by atoms with Crippen molar-refractivity contribution in [3.05, 3.63) is 48.6 Å². The molecule has 0 saturated heterocycles. The molecule has 9 nitrogen and oxygen atoms in total. The molecule has 0 aromatic carbocycles. The summed E-state index contributed by atoms with van der Waals surface area (Å²) in [6.07, 6.45) is 41.5. The third kappa shape index (κ3) is 39.7. The van der Waals surface area contributed by atoms with E-state index in [-0.39, 0.29) is 32.0 Å². The quantitative estimate of drug-likeness (QED) is 0.0217. The van der Waals surface area contributed by atoms with Crippen molar-refractivity contribution in [1.82, 2.24) is 0 Å². The second kappa shape index (κ2) is 36.6. The Hall–Kier alpha value is -2.03. The van der Waals surface area contributed by atoms with Gasteiger partial charge in [-0.05, 0) is 51.4 Å². The molecule has 1 N–H and O–H groups in total. The lowest BCUT2D eigenvalue weighted by molar-refractivity contribution is -0.870. The van der Waals surface area contributed by atoms with Crippen LogP contribution in [0.2, 0.25) is 0 Å². The monoisotopic (exact) mass is 783 g/mol. The van der Waals surface area contributed by atoms with E-state index < -0.39 is 26.5 Å². The summed E-state index contributed by atoms with van der Waals surface area (Å²) in [6, 6.07) is 0. The topological polar surface area (TPSA) is 108 Å². The minimum absolute atomic E-state index is 0.0259. The summed E-state index contributed by atoms with van der Waals surface area (Å²) in [5, 5.41) is 0. The summed E-state index contributed by atoms with van der Waals surface area (Å²) in [4.78, 5) is 35.3. The number of unbranched alkanes of at least 4 members (excludes halogenated alkanes) is 16. The van der Waals surface area contributed by atoms with Crippen LogP contribution in [-0.4, -0.2) is 74.9 Å². The molecule has 0 rings (SSSR count). The van der Waals surface area contributed by atoms with Crippen LogP contribution in [0, 0.1) is 0 Å². The van der Waals surface area contributed by atoms with Crippen LogP contribution in [0.25, 0.3) is 0 Å². The number of nitrogens with zero attached hydrogens (tertiary/aromatic N) is 1. The zero-order chi connectivity index (χ0) is 40.0. The molecule has 0 radical (unpaired) electrons. The number of rotatable bonds is 38. The van der Waals surface area contributed by atoms with Gasteiger partial charge < -0.3 is 18.9 Å². The number of allylic oxidation sites excluding steroid dienone is 8. The lowest BCUT2D eigenvalue weighted by atomic mass is 10.0. The van der Waals surface area contributed by atoms with Crippen LogP contribution in [-0.2, 0) is 32.7 Å². The van der Waals surface area contributed by atoms with Crippen molar-refractivity contribution in [2.24, 2.45) is 0 Å². The zero-order valence-electron chi connectivity index (χ0n) is 35.2. The Morgan fingerprint density at radius 1 is 0.593 bits per heavy atom. The highest BCUT2D eigenvalue weighted by Crippen LogP contribution is 2.43. The van der Waals surface area contributed by atoms with Gasteiger partial charge in [-0.15, -0.1) is 0 Å². The molecule has 0 fully saturated rings. The van der Waals surface area contributed by atoms with E-state index in [1.54, 1.807) is 0 Å². The second-order valence-corrected chi connectivity index (χ2v) is 16.8. The average Bonchev–Trinajstić information content (AvgIpc) is 3.12. The molecule has 0 amide bonds. The third-order valence-corrected chi connectivity index (χ3v) is 9.86. The van der Waals surface area contributed by atoms with Crippen LogP contribution in [0.4, 0.5) is 0 Å². The van der Waals surface area contributed by atoms with E-state index in [1.165, 1.54) is 64.2 Å². The smallest absolute Gasteiger partial charge is 0.462 e. The van der Waals surface area contributed by atoms with Crippen LogP contribution in [0.5, 0.6) is 0 Å². The molecule has 0 aliphatic heterocycles. The minimum atomic E-state index is -4.38. The lowest BCUT2D eigenvalue weighted by Gasteiger charge is -2.24. The number of phosphoric acid groups is 1. The molecule has 54 heavy (non-hydrogen) atoms. The summed E-state index contributed by atoms with van der Waals surface area (Å²) >= 11 is 0. The van der Waals surface area contributed by atoms with E-state index in [0.717, 1.165) is 70.6 Å². The van der Waals surface area contributed by atoms with E-state index in [2.05, 4.69) is 62.5 Å². The summed E-state index contributed by atoms with van der Waals surface area (Å²) in [5.41, 5.74) is 0. The van der Waals surface area contributed by atoms with Crippen molar-refractivity contribution >= 4 is 19.8 Å². The van der Waals surface area contributed by atoms with Crippen LogP contribution >= 0.6 is 7.82 Å². The van der Waals surface area contributed by atoms with Crippen LogP contribution in [0.3, 0.4) is 0 Å². The Kier molecular flexibility index (Phi) is 35.2. The fourth-order valence-corrected chi connectivity index (χ4v) is 6.27. The van der Waals surface area contributed by atoms with Crippen molar-refractivity contribution < 1.29 is 42.1 Å². The molecule has 2 atom stereocenters.